The first-order chi connectivity index (χ1) is 9.38. The molecule has 1 saturated carbocycles. The lowest BCUT2D eigenvalue weighted by molar-refractivity contribution is -0.0424. The lowest BCUT2D eigenvalue weighted by Crippen LogP contribution is -2.51. The van der Waals surface area contributed by atoms with Gasteiger partial charge in [0, 0.05) is 5.56 Å². The molecule has 1 aliphatic rings. The van der Waals surface area contributed by atoms with Crippen LogP contribution in [0.1, 0.15) is 44.3 Å². The van der Waals surface area contributed by atoms with Gasteiger partial charge in [-0.2, -0.15) is 0 Å². The maximum atomic E-state index is 14.3. The van der Waals surface area contributed by atoms with Crippen molar-refractivity contribution >= 4 is 15.9 Å². The van der Waals surface area contributed by atoms with Gasteiger partial charge in [0.15, 0.2) is 0 Å². The number of hydrogen-bond acceptors (Lipinski definition) is 2. The minimum absolute atomic E-state index is 0.347. The quantitative estimate of drug-likeness (QED) is 0.891. The van der Waals surface area contributed by atoms with E-state index >= 15 is 0 Å². The zero-order valence-electron chi connectivity index (χ0n) is 12.4. The summed E-state index contributed by atoms with van der Waals surface area (Å²) >= 11 is 3.20. The minimum Gasteiger partial charge on any atom is -0.386 e. The van der Waals surface area contributed by atoms with Crippen LogP contribution in [0.15, 0.2) is 22.7 Å². The molecule has 0 heterocycles. The van der Waals surface area contributed by atoms with Gasteiger partial charge in [-0.1, -0.05) is 19.1 Å². The van der Waals surface area contributed by atoms with Gasteiger partial charge in [0.2, 0.25) is 0 Å². The van der Waals surface area contributed by atoms with Crippen LogP contribution in [0.2, 0.25) is 0 Å². The average molecular weight is 344 g/mol. The number of hydrogen-bond donors (Lipinski definition) is 1. The summed E-state index contributed by atoms with van der Waals surface area (Å²) in [5.74, 6) is 0.336. The molecular weight excluding hydrogens is 321 g/mol. The molecule has 0 aromatic heterocycles. The molecule has 0 amide bonds. The molecule has 0 saturated heterocycles. The van der Waals surface area contributed by atoms with Crippen molar-refractivity contribution in [2.24, 2.45) is 5.92 Å². The van der Waals surface area contributed by atoms with E-state index in [1.54, 1.807) is 18.2 Å². The number of rotatable bonds is 3. The van der Waals surface area contributed by atoms with Gasteiger partial charge in [0.05, 0.1) is 10.0 Å². The predicted octanol–water partition coefficient (Wildman–Crippen LogP) is 4.13. The Morgan fingerprint density at radius 3 is 2.50 bits per heavy atom. The van der Waals surface area contributed by atoms with Gasteiger partial charge in [-0.25, -0.2) is 4.39 Å². The molecule has 1 aromatic rings. The summed E-state index contributed by atoms with van der Waals surface area (Å²) in [7, 11) is 3.96. The number of likely N-dealkylation sites (N-methyl/N-ethyl adjacent to an activating group) is 1. The average Bonchev–Trinajstić information content (AvgIpc) is 2.42. The molecule has 1 atom stereocenters. The number of halogens is 2. The first-order valence-corrected chi connectivity index (χ1v) is 7.97. The number of nitrogens with zero attached hydrogens (tertiary/aromatic N) is 1. The molecule has 4 heteroatoms. The Morgan fingerprint density at radius 1 is 1.35 bits per heavy atom. The Kier molecular flexibility index (Phi) is 4.88. The van der Waals surface area contributed by atoms with Crippen LogP contribution in [0.4, 0.5) is 4.39 Å². The van der Waals surface area contributed by atoms with Gasteiger partial charge in [-0.15, -0.1) is 0 Å². The van der Waals surface area contributed by atoms with Crippen LogP contribution in [0.3, 0.4) is 0 Å². The Balaban J connectivity index is 2.37. The fourth-order valence-corrected chi connectivity index (χ4v) is 3.63. The van der Waals surface area contributed by atoms with Crippen molar-refractivity contribution in [2.75, 3.05) is 14.1 Å². The molecule has 1 aliphatic carbocycles. The Labute approximate surface area is 129 Å². The largest absolute Gasteiger partial charge is 0.386 e. The van der Waals surface area contributed by atoms with Crippen LogP contribution >= 0.6 is 15.9 Å². The van der Waals surface area contributed by atoms with Gasteiger partial charge in [0.25, 0.3) is 0 Å². The van der Waals surface area contributed by atoms with E-state index in [0.29, 0.717) is 16.0 Å². The van der Waals surface area contributed by atoms with Gasteiger partial charge >= 0.3 is 0 Å². The van der Waals surface area contributed by atoms with Crippen molar-refractivity contribution in [3.8, 4) is 0 Å². The maximum absolute atomic E-state index is 14.3. The third-order valence-electron chi connectivity index (χ3n) is 4.82. The topological polar surface area (TPSA) is 23.5 Å². The minimum atomic E-state index is -0.803. The zero-order valence-corrected chi connectivity index (χ0v) is 14.0. The van der Waals surface area contributed by atoms with Crippen molar-refractivity contribution < 1.29 is 9.50 Å². The van der Waals surface area contributed by atoms with Crippen molar-refractivity contribution in [3.63, 3.8) is 0 Å². The molecule has 20 heavy (non-hydrogen) atoms. The summed E-state index contributed by atoms with van der Waals surface area (Å²) in [6.45, 7) is 2.24. The van der Waals surface area contributed by atoms with Crippen molar-refractivity contribution in [3.05, 3.63) is 34.1 Å². The lowest BCUT2D eigenvalue weighted by Gasteiger charge is -2.47. The molecule has 0 spiro atoms. The Morgan fingerprint density at radius 2 is 1.95 bits per heavy atom. The molecule has 1 fully saturated rings. The summed E-state index contributed by atoms with van der Waals surface area (Å²) in [4.78, 5) is 2.07. The van der Waals surface area contributed by atoms with Crippen molar-refractivity contribution in [2.45, 2.75) is 44.2 Å². The van der Waals surface area contributed by atoms with Crippen molar-refractivity contribution in [1.29, 1.82) is 0 Å². The number of benzene rings is 1. The summed E-state index contributed by atoms with van der Waals surface area (Å²) in [6.07, 6.45) is 3.14. The monoisotopic (exact) mass is 343 g/mol. The van der Waals surface area contributed by atoms with E-state index in [-0.39, 0.29) is 11.4 Å². The van der Waals surface area contributed by atoms with E-state index in [1.165, 1.54) is 0 Å². The Bertz CT molecular complexity index is 470. The third kappa shape index (κ3) is 2.78. The molecular formula is C16H23BrFNO. The highest BCUT2D eigenvalue weighted by Crippen LogP contribution is 2.44. The first kappa shape index (κ1) is 15.9. The first-order valence-electron chi connectivity index (χ1n) is 7.18. The highest BCUT2D eigenvalue weighted by atomic mass is 79.9. The fraction of sp³-hybridized carbons (Fsp3) is 0.625. The second kappa shape index (κ2) is 6.12. The lowest BCUT2D eigenvalue weighted by atomic mass is 9.71. The van der Waals surface area contributed by atoms with Crippen LogP contribution in [-0.4, -0.2) is 29.6 Å². The van der Waals surface area contributed by atoms with E-state index in [4.69, 9.17) is 0 Å². The van der Waals surface area contributed by atoms with E-state index in [2.05, 4.69) is 27.8 Å². The number of aliphatic hydroxyl groups excluding tert-OH is 1. The van der Waals surface area contributed by atoms with Gasteiger partial charge in [0.1, 0.15) is 11.9 Å². The Hall–Kier alpha value is -0.450. The molecule has 0 radical (unpaired) electrons. The number of aliphatic hydroxyl groups is 1. The maximum Gasteiger partial charge on any atom is 0.143 e. The summed E-state index contributed by atoms with van der Waals surface area (Å²) < 4.78 is 14.7. The van der Waals surface area contributed by atoms with Crippen LogP contribution in [0.5, 0.6) is 0 Å². The van der Waals surface area contributed by atoms with Gasteiger partial charge < -0.3 is 10.0 Å². The van der Waals surface area contributed by atoms with Crippen LogP contribution in [0.25, 0.3) is 0 Å². The fourth-order valence-electron chi connectivity index (χ4n) is 3.25. The van der Waals surface area contributed by atoms with Crippen LogP contribution < -0.4 is 0 Å². The zero-order chi connectivity index (χ0) is 14.9. The molecule has 2 rings (SSSR count). The predicted molar refractivity (Wildman–Crippen MR) is 83.1 cm³/mol. The third-order valence-corrected chi connectivity index (χ3v) is 5.43. The van der Waals surface area contributed by atoms with Gasteiger partial charge in [-0.3, -0.25) is 0 Å². The second-order valence-electron chi connectivity index (χ2n) is 6.23. The summed E-state index contributed by atoms with van der Waals surface area (Å²) in [6, 6.07) is 5.13. The highest BCUT2D eigenvalue weighted by Gasteiger charge is 2.44. The normalized spacial score (nSPS) is 28.6. The molecule has 0 bridgehead atoms. The molecule has 1 unspecified atom stereocenters. The van der Waals surface area contributed by atoms with Crippen LogP contribution in [0, 0.1) is 11.7 Å². The summed E-state index contributed by atoms with van der Waals surface area (Å²) in [5.41, 5.74) is 0.0244. The second-order valence-corrected chi connectivity index (χ2v) is 7.08. The molecule has 1 aromatic carbocycles. The van der Waals surface area contributed by atoms with Crippen molar-refractivity contribution in [1.82, 2.24) is 4.90 Å². The highest BCUT2D eigenvalue weighted by molar-refractivity contribution is 9.10. The molecule has 2 nitrogen and oxygen atoms in total. The van der Waals surface area contributed by atoms with E-state index < -0.39 is 6.10 Å². The van der Waals surface area contributed by atoms with Crippen LogP contribution in [-0.2, 0) is 0 Å². The van der Waals surface area contributed by atoms with E-state index in [0.717, 1.165) is 25.7 Å². The van der Waals surface area contributed by atoms with E-state index in [1.807, 2.05) is 14.1 Å². The molecule has 0 aliphatic heterocycles. The molecule has 112 valence electrons. The van der Waals surface area contributed by atoms with Gasteiger partial charge in [-0.05, 0) is 67.7 Å². The van der Waals surface area contributed by atoms with E-state index in [9.17, 15) is 9.50 Å². The SMILES string of the molecule is CC1CCC(C(O)c2cccc(Br)c2F)(N(C)C)CC1. The molecule has 1 N–H and O–H groups in total. The smallest absolute Gasteiger partial charge is 0.143 e. The standard InChI is InChI=1S/C16H23BrFNO/c1-11-7-9-16(10-8-11,19(2)3)15(20)12-5-4-6-13(17)14(12)18/h4-6,11,15,20H,7-10H2,1-3H3. The summed E-state index contributed by atoms with van der Waals surface area (Å²) in [5, 5.41) is 10.9.